The molecule has 122 valence electrons. The second-order valence-corrected chi connectivity index (χ2v) is 8.00. The van der Waals surface area contributed by atoms with Gasteiger partial charge in [-0.05, 0) is 20.8 Å². The van der Waals surface area contributed by atoms with E-state index in [1.165, 1.54) is 0 Å². The van der Waals surface area contributed by atoms with E-state index in [2.05, 4.69) is 40.5 Å². The van der Waals surface area contributed by atoms with Crippen molar-refractivity contribution in [3.05, 3.63) is 18.0 Å². The molecule has 0 radical (unpaired) electrons. The van der Waals surface area contributed by atoms with E-state index in [1.54, 1.807) is 12.4 Å². The van der Waals surface area contributed by atoms with Crippen molar-refractivity contribution in [1.29, 1.82) is 0 Å². The molecule has 0 aromatic carbocycles. The molecule has 0 N–H and O–H groups in total. The molecule has 0 spiro atoms. The number of Topliss-reactive ketones (excluding diaryl/α,β-unsaturated/α-hetero) is 1. The molecule has 0 aliphatic carbocycles. The van der Waals surface area contributed by atoms with Crippen LogP contribution in [0.2, 0.25) is 0 Å². The summed E-state index contributed by atoms with van der Waals surface area (Å²) in [5.41, 5.74) is 0.392. The van der Waals surface area contributed by atoms with Crippen LogP contribution < -0.4 is 4.90 Å². The van der Waals surface area contributed by atoms with Gasteiger partial charge in [-0.15, -0.1) is 0 Å². The molecule has 1 aliphatic heterocycles. The number of nitrogens with zero attached hydrogens (tertiary/aromatic N) is 4. The quantitative estimate of drug-likeness (QED) is 0.786. The molecule has 5 heteroatoms. The molecular formula is C17H28N4O. The molecule has 1 aliphatic rings. The first kappa shape index (κ1) is 16.9. The molecule has 5 nitrogen and oxygen atoms in total. The molecule has 22 heavy (non-hydrogen) atoms. The first-order valence-electron chi connectivity index (χ1n) is 7.96. The van der Waals surface area contributed by atoms with Crippen molar-refractivity contribution in [2.75, 3.05) is 31.1 Å². The van der Waals surface area contributed by atoms with Crippen LogP contribution in [0, 0.1) is 5.41 Å². The van der Waals surface area contributed by atoms with Crippen LogP contribution >= 0.6 is 0 Å². The van der Waals surface area contributed by atoms with Crippen molar-refractivity contribution in [3.63, 3.8) is 0 Å². The summed E-state index contributed by atoms with van der Waals surface area (Å²) in [6.07, 6.45) is 3.32. The summed E-state index contributed by atoms with van der Waals surface area (Å²) in [7, 11) is 0. The number of piperazine rings is 1. The highest BCUT2D eigenvalue weighted by atomic mass is 16.1. The number of rotatable bonds is 2. The lowest BCUT2D eigenvalue weighted by Gasteiger charge is -2.42. The largest absolute Gasteiger partial charge is 0.338 e. The van der Waals surface area contributed by atoms with E-state index in [-0.39, 0.29) is 11.3 Å². The van der Waals surface area contributed by atoms with Gasteiger partial charge in [-0.25, -0.2) is 9.97 Å². The van der Waals surface area contributed by atoms with Gasteiger partial charge in [0.05, 0.1) is 5.56 Å². The normalized spacial score (nSPS) is 17.6. The van der Waals surface area contributed by atoms with E-state index < -0.39 is 5.41 Å². The summed E-state index contributed by atoms with van der Waals surface area (Å²) in [5, 5.41) is 0. The first-order chi connectivity index (χ1) is 10.1. The Morgan fingerprint density at radius 3 is 1.86 bits per heavy atom. The van der Waals surface area contributed by atoms with Gasteiger partial charge in [0.1, 0.15) is 0 Å². The number of ketones is 1. The average molecular weight is 304 g/mol. The van der Waals surface area contributed by atoms with Crippen LogP contribution in [0.25, 0.3) is 0 Å². The Balaban J connectivity index is 2.02. The molecule has 1 fully saturated rings. The van der Waals surface area contributed by atoms with Crippen molar-refractivity contribution >= 4 is 11.7 Å². The molecule has 1 aromatic heterocycles. The van der Waals surface area contributed by atoms with Crippen molar-refractivity contribution < 1.29 is 4.79 Å². The summed E-state index contributed by atoms with van der Waals surface area (Å²) < 4.78 is 0. The molecule has 2 heterocycles. The Morgan fingerprint density at radius 1 is 0.955 bits per heavy atom. The minimum absolute atomic E-state index is 0.0802. The van der Waals surface area contributed by atoms with Gasteiger partial charge < -0.3 is 4.90 Å². The van der Waals surface area contributed by atoms with Crippen molar-refractivity contribution in [2.45, 2.75) is 47.1 Å². The van der Waals surface area contributed by atoms with Crippen LogP contribution in [-0.2, 0) is 0 Å². The van der Waals surface area contributed by atoms with Crippen LogP contribution in [0.4, 0.5) is 5.95 Å². The van der Waals surface area contributed by atoms with Gasteiger partial charge in [0.2, 0.25) is 5.95 Å². The second-order valence-electron chi connectivity index (χ2n) is 8.00. The summed E-state index contributed by atoms with van der Waals surface area (Å²) >= 11 is 0. The standard InChI is InChI=1S/C17H28N4O/c1-16(2,3)14(22)13-11-18-15(19-12-13)20-7-9-21(10-8-20)17(4,5)6/h11-12H,7-10H2,1-6H3. The van der Waals surface area contributed by atoms with Crippen molar-refractivity contribution in [3.8, 4) is 0 Å². The summed E-state index contributed by atoms with van der Waals surface area (Å²) in [4.78, 5) is 25.7. The lowest BCUT2D eigenvalue weighted by molar-refractivity contribution is 0.0857. The predicted octanol–water partition coefficient (Wildman–Crippen LogP) is 2.63. The summed E-state index contributed by atoms with van der Waals surface area (Å²) in [6.45, 7) is 16.3. The fourth-order valence-corrected chi connectivity index (χ4v) is 2.61. The fourth-order valence-electron chi connectivity index (χ4n) is 2.61. The van der Waals surface area contributed by atoms with Gasteiger partial charge in [0.15, 0.2) is 5.78 Å². The number of aromatic nitrogens is 2. The van der Waals surface area contributed by atoms with Crippen molar-refractivity contribution in [1.82, 2.24) is 14.9 Å². The number of carbonyl (C=O) groups excluding carboxylic acids is 1. The smallest absolute Gasteiger partial charge is 0.225 e. The maximum atomic E-state index is 12.2. The van der Waals surface area contributed by atoms with Crippen LogP contribution in [0.3, 0.4) is 0 Å². The molecule has 0 saturated carbocycles. The van der Waals surface area contributed by atoms with Crippen LogP contribution in [0.15, 0.2) is 12.4 Å². The molecule has 0 atom stereocenters. The zero-order chi connectivity index (χ0) is 16.5. The third-order valence-corrected chi connectivity index (χ3v) is 4.09. The van der Waals surface area contributed by atoms with Gasteiger partial charge in [-0.3, -0.25) is 9.69 Å². The van der Waals surface area contributed by atoms with E-state index in [9.17, 15) is 4.79 Å². The highest BCUT2D eigenvalue weighted by molar-refractivity contribution is 5.99. The highest BCUT2D eigenvalue weighted by Gasteiger charge is 2.27. The zero-order valence-electron chi connectivity index (χ0n) is 14.7. The van der Waals surface area contributed by atoms with Crippen molar-refractivity contribution in [2.24, 2.45) is 5.41 Å². The van der Waals surface area contributed by atoms with E-state index in [1.807, 2.05) is 20.8 Å². The molecule has 0 bridgehead atoms. The minimum atomic E-state index is -0.400. The molecule has 0 unspecified atom stereocenters. The average Bonchev–Trinajstić information content (AvgIpc) is 2.45. The topological polar surface area (TPSA) is 49.3 Å². The molecule has 2 rings (SSSR count). The van der Waals surface area contributed by atoms with Gasteiger partial charge >= 0.3 is 0 Å². The summed E-state index contributed by atoms with van der Waals surface area (Å²) in [5.74, 6) is 0.802. The minimum Gasteiger partial charge on any atom is -0.338 e. The number of hydrogen-bond acceptors (Lipinski definition) is 5. The number of carbonyl (C=O) groups is 1. The molecule has 1 aromatic rings. The number of hydrogen-bond donors (Lipinski definition) is 0. The fraction of sp³-hybridized carbons (Fsp3) is 0.706. The molecular weight excluding hydrogens is 276 g/mol. The zero-order valence-corrected chi connectivity index (χ0v) is 14.7. The predicted molar refractivity (Wildman–Crippen MR) is 89.4 cm³/mol. The van der Waals surface area contributed by atoms with Crippen LogP contribution in [-0.4, -0.2) is 52.4 Å². The maximum absolute atomic E-state index is 12.2. The van der Waals surface area contributed by atoms with Crippen LogP contribution in [0.1, 0.15) is 51.9 Å². The van der Waals surface area contributed by atoms with E-state index in [4.69, 9.17) is 0 Å². The monoisotopic (exact) mass is 304 g/mol. The lowest BCUT2D eigenvalue weighted by Crippen LogP contribution is -2.53. The second kappa shape index (κ2) is 5.95. The molecule has 1 saturated heterocycles. The third-order valence-electron chi connectivity index (χ3n) is 4.09. The Hall–Kier alpha value is -1.49. The number of anilines is 1. The van der Waals surface area contributed by atoms with Gasteiger partial charge in [-0.1, -0.05) is 20.8 Å². The van der Waals surface area contributed by atoms with Crippen LogP contribution in [0.5, 0.6) is 0 Å². The van der Waals surface area contributed by atoms with E-state index in [0.29, 0.717) is 5.56 Å². The van der Waals surface area contributed by atoms with E-state index in [0.717, 1.165) is 32.1 Å². The Morgan fingerprint density at radius 2 is 1.45 bits per heavy atom. The Kier molecular flexibility index (Phi) is 4.57. The lowest BCUT2D eigenvalue weighted by atomic mass is 9.88. The van der Waals surface area contributed by atoms with Gasteiger partial charge in [0, 0.05) is 49.5 Å². The Labute approximate surface area is 133 Å². The van der Waals surface area contributed by atoms with E-state index >= 15 is 0 Å². The van der Waals surface area contributed by atoms with Gasteiger partial charge in [-0.2, -0.15) is 0 Å². The maximum Gasteiger partial charge on any atom is 0.225 e. The molecule has 0 amide bonds. The SMILES string of the molecule is CC(C)(C)C(=O)c1cnc(N2CCN(C(C)(C)C)CC2)nc1. The third kappa shape index (κ3) is 3.83. The summed E-state index contributed by atoms with van der Waals surface area (Å²) in [6, 6.07) is 0. The highest BCUT2D eigenvalue weighted by Crippen LogP contribution is 2.21. The van der Waals surface area contributed by atoms with Gasteiger partial charge in [0.25, 0.3) is 0 Å². The first-order valence-corrected chi connectivity index (χ1v) is 7.96. The Bertz CT molecular complexity index is 517.